The Balaban J connectivity index is 1.91. The van der Waals surface area contributed by atoms with E-state index in [1.807, 2.05) is 6.08 Å². The third-order valence-electron chi connectivity index (χ3n) is 3.63. The Hall–Kier alpha value is -1.30. The van der Waals surface area contributed by atoms with Crippen LogP contribution in [0, 0.1) is 11.3 Å². The second kappa shape index (κ2) is 4.69. The minimum Gasteiger partial charge on any atom is -0.103 e. The normalized spacial score (nSPS) is 28.2. The van der Waals surface area contributed by atoms with Crippen molar-refractivity contribution in [3.63, 3.8) is 0 Å². The quantitative estimate of drug-likeness (QED) is 0.621. The highest BCUT2D eigenvalue weighted by Crippen LogP contribution is 2.56. The number of benzene rings is 1. The van der Waals surface area contributed by atoms with Gasteiger partial charge in [0.1, 0.15) is 0 Å². The van der Waals surface area contributed by atoms with Gasteiger partial charge in [0.2, 0.25) is 0 Å². The maximum atomic E-state index is 3.78. The zero-order valence-electron chi connectivity index (χ0n) is 10.0. The molecule has 0 spiro atoms. The van der Waals surface area contributed by atoms with Crippen LogP contribution in [0.4, 0.5) is 0 Å². The zero-order valence-corrected chi connectivity index (χ0v) is 10.0. The summed E-state index contributed by atoms with van der Waals surface area (Å²) in [7, 11) is 0. The van der Waals surface area contributed by atoms with Crippen LogP contribution >= 0.6 is 0 Å². The third-order valence-corrected chi connectivity index (χ3v) is 3.63. The van der Waals surface area contributed by atoms with Crippen molar-refractivity contribution in [3.05, 3.63) is 54.6 Å². The van der Waals surface area contributed by atoms with Gasteiger partial charge >= 0.3 is 0 Å². The molecule has 0 aliphatic heterocycles. The average Bonchev–Trinajstić information content (AvgIpc) is 2.97. The predicted molar refractivity (Wildman–Crippen MR) is 71.1 cm³/mol. The van der Waals surface area contributed by atoms with E-state index in [0.29, 0.717) is 5.41 Å². The molecule has 1 aliphatic rings. The van der Waals surface area contributed by atoms with Gasteiger partial charge in [-0.15, -0.1) is 6.58 Å². The summed E-state index contributed by atoms with van der Waals surface area (Å²) in [6.45, 7) is 6.15. The van der Waals surface area contributed by atoms with Crippen LogP contribution in [0.3, 0.4) is 0 Å². The van der Waals surface area contributed by atoms with Crippen molar-refractivity contribution in [2.24, 2.45) is 11.3 Å². The molecule has 0 heterocycles. The smallest absolute Gasteiger partial charge is 0.0112 e. The second-order valence-electron chi connectivity index (χ2n) is 5.02. The van der Waals surface area contributed by atoms with E-state index >= 15 is 0 Å². The van der Waals surface area contributed by atoms with E-state index in [1.165, 1.54) is 18.4 Å². The molecule has 0 saturated heterocycles. The highest BCUT2D eigenvalue weighted by molar-refractivity contribution is 5.50. The molecule has 0 N–H and O–H groups in total. The fraction of sp³-hybridized carbons (Fsp3) is 0.375. The SMILES string of the molecule is C=CCC[C@H]1C[C@@]1(C)/C=C/c1ccccc1. The lowest BCUT2D eigenvalue weighted by molar-refractivity contribution is 0.594. The molecule has 1 aromatic rings. The fourth-order valence-corrected chi connectivity index (χ4v) is 2.28. The molecular formula is C16H20. The second-order valence-corrected chi connectivity index (χ2v) is 5.02. The molecule has 0 amide bonds. The van der Waals surface area contributed by atoms with E-state index in [2.05, 4.69) is 56.0 Å². The molecule has 0 heteroatoms. The predicted octanol–water partition coefficient (Wildman–Crippen LogP) is 4.69. The van der Waals surface area contributed by atoms with Crippen LogP contribution in [0.5, 0.6) is 0 Å². The first-order valence-electron chi connectivity index (χ1n) is 6.10. The highest BCUT2D eigenvalue weighted by atomic mass is 14.5. The Morgan fingerprint density at radius 3 is 2.81 bits per heavy atom. The lowest BCUT2D eigenvalue weighted by Crippen LogP contribution is -1.92. The summed E-state index contributed by atoms with van der Waals surface area (Å²) in [5.41, 5.74) is 1.75. The molecule has 2 rings (SSSR count). The van der Waals surface area contributed by atoms with Gasteiger partial charge in [0.15, 0.2) is 0 Å². The van der Waals surface area contributed by atoms with Crippen LogP contribution in [-0.2, 0) is 0 Å². The summed E-state index contributed by atoms with van der Waals surface area (Å²) in [4.78, 5) is 0. The van der Waals surface area contributed by atoms with Gasteiger partial charge < -0.3 is 0 Å². The highest BCUT2D eigenvalue weighted by Gasteiger charge is 2.46. The lowest BCUT2D eigenvalue weighted by atomic mass is 10.0. The van der Waals surface area contributed by atoms with Crippen molar-refractivity contribution in [2.75, 3.05) is 0 Å². The number of rotatable bonds is 5. The molecule has 1 aromatic carbocycles. The maximum absolute atomic E-state index is 3.78. The Morgan fingerprint density at radius 2 is 2.12 bits per heavy atom. The fourth-order valence-electron chi connectivity index (χ4n) is 2.28. The van der Waals surface area contributed by atoms with Crippen LogP contribution < -0.4 is 0 Å². The van der Waals surface area contributed by atoms with Crippen LogP contribution in [0.2, 0.25) is 0 Å². The van der Waals surface area contributed by atoms with Crippen molar-refractivity contribution < 1.29 is 0 Å². The van der Waals surface area contributed by atoms with Crippen LogP contribution in [-0.4, -0.2) is 0 Å². The monoisotopic (exact) mass is 212 g/mol. The number of hydrogen-bond donors (Lipinski definition) is 0. The molecular weight excluding hydrogens is 192 g/mol. The summed E-state index contributed by atoms with van der Waals surface area (Å²) < 4.78 is 0. The van der Waals surface area contributed by atoms with E-state index in [-0.39, 0.29) is 0 Å². The Kier molecular flexibility index (Phi) is 3.28. The van der Waals surface area contributed by atoms with Gasteiger partial charge in [-0.3, -0.25) is 0 Å². The molecule has 0 unspecified atom stereocenters. The van der Waals surface area contributed by atoms with Gasteiger partial charge in [-0.1, -0.05) is 55.5 Å². The van der Waals surface area contributed by atoms with Gasteiger partial charge in [-0.25, -0.2) is 0 Å². The first-order chi connectivity index (χ1) is 7.74. The standard InChI is InChI=1S/C16H20/c1-3-4-10-15-13-16(15,2)12-11-14-8-6-5-7-9-14/h3,5-9,11-12,15H,1,4,10,13H2,2H3/b12-11+/t15-,16+/m0/s1. The van der Waals surface area contributed by atoms with Crippen LogP contribution in [0.1, 0.15) is 31.7 Å². The Morgan fingerprint density at radius 1 is 1.38 bits per heavy atom. The van der Waals surface area contributed by atoms with Crippen LogP contribution in [0.25, 0.3) is 6.08 Å². The summed E-state index contributed by atoms with van der Waals surface area (Å²) in [6, 6.07) is 10.5. The van der Waals surface area contributed by atoms with Crippen molar-refractivity contribution >= 4 is 6.08 Å². The summed E-state index contributed by atoms with van der Waals surface area (Å²) in [5, 5.41) is 0. The third kappa shape index (κ3) is 2.63. The molecule has 1 aliphatic carbocycles. The lowest BCUT2D eigenvalue weighted by Gasteiger charge is -2.03. The molecule has 16 heavy (non-hydrogen) atoms. The molecule has 0 aromatic heterocycles. The van der Waals surface area contributed by atoms with E-state index in [0.717, 1.165) is 12.3 Å². The number of hydrogen-bond acceptors (Lipinski definition) is 0. The topological polar surface area (TPSA) is 0 Å². The summed E-state index contributed by atoms with van der Waals surface area (Å²) >= 11 is 0. The molecule has 1 fully saturated rings. The average molecular weight is 212 g/mol. The van der Waals surface area contributed by atoms with Crippen LogP contribution in [0.15, 0.2) is 49.1 Å². The maximum Gasteiger partial charge on any atom is -0.0112 e. The molecule has 0 nitrogen and oxygen atoms in total. The first-order valence-corrected chi connectivity index (χ1v) is 6.10. The Bertz CT molecular complexity index is 374. The van der Waals surface area contributed by atoms with E-state index < -0.39 is 0 Å². The van der Waals surface area contributed by atoms with Gasteiger partial charge in [0.05, 0.1) is 0 Å². The summed E-state index contributed by atoms with van der Waals surface area (Å²) in [5.74, 6) is 0.866. The van der Waals surface area contributed by atoms with E-state index in [4.69, 9.17) is 0 Å². The minimum absolute atomic E-state index is 0.443. The van der Waals surface area contributed by atoms with Gasteiger partial charge in [0, 0.05) is 0 Å². The van der Waals surface area contributed by atoms with E-state index in [9.17, 15) is 0 Å². The van der Waals surface area contributed by atoms with Crippen molar-refractivity contribution in [1.29, 1.82) is 0 Å². The van der Waals surface area contributed by atoms with Crippen molar-refractivity contribution in [1.82, 2.24) is 0 Å². The minimum atomic E-state index is 0.443. The largest absolute Gasteiger partial charge is 0.103 e. The van der Waals surface area contributed by atoms with Gasteiger partial charge in [-0.2, -0.15) is 0 Å². The molecule has 0 radical (unpaired) electrons. The number of allylic oxidation sites excluding steroid dienone is 2. The van der Waals surface area contributed by atoms with Gasteiger partial charge in [0.25, 0.3) is 0 Å². The molecule has 1 saturated carbocycles. The van der Waals surface area contributed by atoms with Gasteiger partial charge in [-0.05, 0) is 36.2 Å². The first kappa shape index (κ1) is 11.2. The van der Waals surface area contributed by atoms with E-state index in [1.54, 1.807) is 0 Å². The Labute approximate surface area is 98.7 Å². The van der Waals surface area contributed by atoms with Crippen molar-refractivity contribution in [2.45, 2.75) is 26.2 Å². The molecule has 84 valence electrons. The molecule has 0 bridgehead atoms. The summed E-state index contributed by atoms with van der Waals surface area (Å²) in [6.07, 6.45) is 10.5. The van der Waals surface area contributed by atoms with Crippen molar-refractivity contribution in [3.8, 4) is 0 Å². The zero-order chi connectivity index (χ0) is 11.4. The molecule has 2 atom stereocenters.